The van der Waals surface area contributed by atoms with Crippen LogP contribution in [0, 0.1) is 10.1 Å². The Balaban J connectivity index is 2.64. The van der Waals surface area contributed by atoms with E-state index in [2.05, 4.69) is 21.2 Å². The maximum atomic E-state index is 11.8. The third-order valence-corrected chi connectivity index (χ3v) is 3.73. The molecule has 0 aromatic heterocycles. The fourth-order valence-electron chi connectivity index (χ4n) is 1.76. The molecule has 0 aliphatic rings. The number of hydrogen-bond acceptors (Lipinski definition) is 5. The number of nitro benzene ring substituents is 1. The molecule has 1 aromatic rings. The van der Waals surface area contributed by atoms with Crippen molar-refractivity contribution in [1.82, 2.24) is 5.32 Å². The average Bonchev–Trinajstić information content (AvgIpc) is 2.50. The van der Waals surface area contributed by atoms with Crippen LogP contribution in [0.1, 0.15) is 37.0 Å². The van der Waals surface area contributed by atoms with E-state index in [0.717, 1.165) is 18.9 Å². The highest BCUT2D eigenvalue weighted by atomic mass is 79.9. The number of halogens is 1. The van der Waals surface area contributed by atoms with Crippen LogP contribution in [0.3, 0.4) is 0 Å². The average molecular weight is 373 g/mol. The van der Waals surface area contributed by atoms with Crippen LogP contribution in [0.5, 0.6) is 0 Å². The highest BCUT2D eigenvalue weighted by molar-refractivity contribution is 9.10. The van der Waals surface area contributed by atoms with Crippen molar-refractivity contribution in [3.63, 3.8) is 0 Å². The van der Waals surface area contributed by atoms with Crippen LogP contribution in [0.4, 0.5) is 5.69 Å². The number of nitro groups is 1. The van der Waals surface area contributed by atoms with Gasteiger partial charge in [0.15, 0.2) is 6.61 Å². The molecule has 0 radical (unpaired) electrons. The van der Waals surface area contributed by atoms with E-state index < -0.39 is 23.4 Å². The van der Waals surface area contributed by atoms with E-state index in [4.69, 9.17) is 4.74 Å². The molecule has 0 aliphatic carbocycles. The van der Waals surface area contributed by atoms with Crippen molar-refractivity contribution in [2.24, 2.45) is 0 Å². The smallest absolute Gasteiger partial charge is 0.338 e. The molecular formula is C14H17BrN2O5. The summed E-state index contributed by atoms with van der Waals surface area (Å²) in [7, 11) is 0. The zero-order valence-corrected chi connectivity index (χ0v) is 13.9. The molecule has 1 aromatic carbocycles. The SMILES string of the molecule is CCC(CC)NC(=O)COC(=O)c1ccc(Br)c([N+](=O)[O-])c1. The maximum absolute atomic E-state index is 11.8. The van der Waals surface area contributed by atoms with Crippen LogP contribution >= 0.6 is 15.9 Å². The quantitative estimate of drug-likeness (QED) is 0.450. The Labute approximate surface area is 136 Å². The molecule has 1 rings (SSSR count). The van der Waals surface area contributed by atoms with Crippen molar-refractivity contribution >= 4 is 33.5 Å². The van der Waals surface area contributed by atoms with E-state index in [9.17, 15) is 19.7 Å². The minimum absolute atomic E-state index is 0.0187. The standard InChI is InChI=1S/C14H17BrN2O5/c1-3-10(4-2)16-13(18)8-22-14(19)9-5-6-11(15)12(7-9)17(20)21/h5-7,10H,3-4,8H2,1-2H3,(H,16,18). The highest BCUT2D eigenvalue weighted by Crippen LogP contribution is 2.25. The first-order valence-electron chi connectivity index (χ1n) is 6.79. The van der Waals surface area contributed by atoms with Crippen molar-refractivity contribution in [3.8, 4) is 0 Å². The Morgan fingerprint density at radius 1 is 1.36 bits per heavy atom. The molecule has 0 saturated carbocycles. The number of esters is 1. The van der Waals surface area contributed by atoms with Crippen molar-refractivity contribution < 1.29 is 19.2 Å². The number of rotatable bonds is 7. The topological polar surface area (TPSA) is 98.5 Å². The number of benzene rings is 1. The molecule has 22 heavy (non-hydrogen) atoms. The molecule has 0 fully saturated rings. The number of carbonyl (C=O) groups excluding carboxylic acids is 2. The molecule has 0 saturated heterocycles. The predicted molar refractivity (Wildman–Crippen MR) is 83.6 cm³/mol. The normalized spacial score (nSPS) is 10.4. The van der Waals surface area contributed by atoms with Crippen LogP contribution in [0.2, 0.25) is 0 Å². The van der Waals surface area contributed by atoms with E-state index in [0.29, 0.717) is 0 Å². The molecule has 120 valence electrons. The second-order valence-corrected chi connectivity index (χ2v) is 5.43. The summed E-state index contributed by atoms with van der Waals surface area (Å²) in [5.74, 6) is -1.18. The fraction of sp³-hybridized carbons (Fsp3) is 0.429. The van der Waals surface area contributed by atoms with E-state index in [-0.39, 0.29) is 21.8 Å². The van der Waals surface area contributed by atoms with Gasteiger partial charge in [-0.2, -0.15) is 0 Å². The Bertz CT molecular complexity index is 572. The van der Waals surface area contributed by atoms with Crippen molar-refractivity contribution in [3.05, 3.63) is 38.3 Å². The molecule has 0 spiro atoms. The number of hydrogen-bond donors (Lipinski definition) is 1. The first-order chi connectivity index (χ1) is 10.4. The van der Waals surface area contributed by atoms with Gasteiger partial charge in [-0.15, -0.1) is 0 Å². The molecule has 0 unspecified atom stereocenters. The van der Waals surface area contributed by atoms with Crippen molar-refractivity contribution in [2.75, 3.05) is 6.61 Å². The lowest BCUT2D eigenvalue weighted by Gasteiger charge is -2.14. The van der Waals surface area contributed by atoms with Crippen molar-refractivity contribution in [2.45, 2.75) is 32.7 Å². The molecule has 0 heterocycles. The number of carbonyl (C=O) groups is 2. The zero-order chi connectivity index (χ0) is 16.7. The van der Waals surface area contributed by atoms with Gasteiger partial charge in [0.25, 0.3) is 11.6 Å². The Kier molecular flexibility index (Phi) is 6.97. The molecule has 0 atom stereocenters. The summed E-state index contributed by atoms with van der Waals surface area (Å²) in [5, 5.41) is 13.5. The number of ether oxygens (including phenoxy) is 1. The van der Waals surface area contributed by atoms with E-state index >= 15 is 0 Å². The minimum Gasteiger partial charge on any atom is -0.452 e. The summed E-state index contributed by atoms with van der Waals surface area (Å²) in [4.78, 5) is 33.7. The van der Waals surface area contributed by atoms with Crippen molar-refractivity contribution in [1.29, 1.82) is 0 Å². The van der Waals surface area contributed by atoms with Crippen LogP contribution in [0.25, 0.3) is 0 Å². The lowest BCUT2D eigenvalue weighted by molar-refractivity contribution is -0.385. The lowest BCUT2D eigenvalue weighted by atomic mass is 10.2. The van der Waals surface area contributed by atoms with E-state index in [1.165, 1.54) is 12.1 Å². The van der Waals surface area contributed by atoms with Gasteiger partial charge in [0.05, 0.1) is 15.0 Å². The summed E-state index contributed by atoms with van der Waals surface area (Å²) in [6.07, 6.45) is 1.57. The molecule has 0 bridgehead atoms. The Morgan fingerprint density at radius 3 is 2.55 bits per heavy atom. The lowest BCUT2D eigenvalue weighted by Crippen LogP contribution is -2.36. The number of nitrogens with zero attached hydrogens (tertiary/aromatic N) is 1. The van der Waals surface area contributed by atoms with Gasteiger partial charge in [-0.25, -0.2) is 4.79 Å². The largest absolute Gasteiger partial charge is 0.452 e. The molecule has 0 aliphatic heterocycles. The Hall–Kier alpha value is -1.96. The Morgan fingerprint density at radius 2 is 2.00 bits per heavy atom. The summed E-state index contributed by atoms with van der Waals surface area (Å²) in [6, 6.07) is 3.92. The van der Waals surface area contributed by atoms with E-state index in [1.807, 2.05) is 13.8 Å². The molecule has 7 nitrogen and oxygen atoms in total. The third kappa shape index (κ3) is 5.10. The van der Waals surface area contributed by atoms with Gasteiger partial charge in [0, 0.05) is 12.1 Å². The second kappa shape index (κ2) is 8.47. The molecule has 1 N–H and O–H groups in total. The van der Waals surface area contributed by atoms with Gasteiger partial charge in [0.2, 0.25) is 0 Å². The monoisotopic (exact) mass is 372 g/mol. The first kappa shape index (κ1) is 18.1. The van der Waals surface area contributed by atoms with Gasteiger partial charge in [-0.05, 0) is 40.9 Å². The highest BCUT2D eigenvalue weighted by Gasteiger charge is 2.18. The third-order valence-electron chi connectivity index (χ3n) is 3.06. The number of amides is 1. The van der Waals surface area contributed by atoms with Crippen LogP contribution in [-0.4, -0.2) is 29.4 Å². The summed E-state index contributed by atoms with van der Waals surface area (Å²) < 4.78 is 5.13. The summed E-state index contributed by atoms with van der Waals surface area (Å²) >= 11 is 3.03. The first-order valence-corrected chi connectivity index (χ1v) is 7.58. The van der Waals surface area contributed by atoms with Gasteiger partial charge >= 0.3 is 5.97 Å². The second-order valence-electron chi connectivity index (χ2n) is 4.58. The number of nitrogens with one attached hydrogen (secondary N) is 1. The minimum atomic E-state index is -0.782. The predicted octanol–water partition coefficient (Wildman–Crippen LogP) is 2.82. The summed E-state index contributed by atoms with van der Waals surface area (Å²) in [5.41, 5.74) is -0.221. The van der Waals surface area contributed by atoms with Crippen LogP contribution in [-0.2, 0) is 9.53 Å². The van der Waals surface area contributed by atoms with Gasteiger partial charge in [0.1, 0.15) is 0 Å². The summed E-state index contributed by atoms with van der Waals surface area (Å²) in [6.45, 7) is 3.47. The van der Waals surface area contributed by atoms with Gasteiger partial charge in [-0.3, -0.25) is 14.9 Å². The molecular weight excluding hydrogens is 356 g/mol. The maximum Gasteiger partial charge on any atom is 0.338 e. The van der Waals surface area contributed by atoms with Crippen LogP contribution < -0.4 is 5.32 Å². The van der Waals surface area contributed by atoms with Gasteiger partial charge in [-0.1, -0.05) is 13.8 Å². The molecule has 8 heteroatoms. The van der Waals surface area contributed by atoms with Gasteiger partial charge < -0.3 is 10.1 Å². The van der Waals surface area contributed by atoms with Crippen LogP contribution in [0.15, 0.2) is 22.7 Å². The molecule has 1 amide bonds. The zero-order valence-electron chi connectivity index (χ0n) is 12.3. The van der Waals surface area contributed by atoms with E-state index in [1.54, 1.807) is 0 Å². The fourth-order valence-corrected chi connectivity index (χ4v) is 2.15.